The number of rotatable bonds is 3. The van der Waals surface area contributed by atoms with E-state index in [0.717, 1.165) is 0 Å². The van der Waals surface area contributed by atoms with Gasteiger partial charge in [0.15, 0.2) is 0 Å². The van der Waals surface area contributed by atoms with E-state index < -0.39 is 11.9 Å². The molecule has 23 heavy (non-hydrogen) atoms. The number of benzene rings is 1. The first kappa shape index (κ1) is 17.0. The van der Waals surface area contributed by atoms with E-state index in [-0.39, 0.29) is 11.1 Å². The van der Waals surface area contributed by atoms with E-state index in [1.54, 1.807) is 38.1 Å². The van der Waals surface area contributed by atoms with Gasteiger partial charge in [0, 0.05) is 16.3 Å². The first-order chi connectivity index (χ1) is 10.9. The quantitative estimate of drug-likeness (QED) is 0.803. The zero-order chi connectivity index (χ0) is 17.1. The molecule has 0 aliphatic rings. The van der Waals surface area contributed by atoms with Crippen LogP contribution in [0.4, 0.5) is 0 Å². The molecule has 5 nitrogen and oxygen atoms in total. The first-order valence-corrected chi connectivity index (χ1v) is 7.22. The largest absolute Gasteiger partial charge is 0.465 e. The summed E-state index contributed by atoms with van der Waals surface area (Å²) in [7, 11) is 2.51. The third-order valence-corrected chi connectivity index (χ3v) is 3.80. The number of aryl methyl sites for hydroxylation is 1. The van der Waals surface area contributed by atoms with Gasteiger partial charge in [-0.05, 0) is 31.5 Å². The third kappa shape index (κ3) is 3.19. The topological polar surface area (TPSA) is 65.5 Å². The number of ether oxygens (including phenoxy) is 2. The summed E-state index contributed by atoms with van der Waals surface area (Å²) < 4.78 is 9.66. The van der Waals surface area contributed by atoms with Gasteiger partial charge in [0.1, 0.15) is 5.56 Å². The lowest BCUT2D eigenvalue weighted by atomic mass is 9.96. The van der Waals surface area contributed by atoms with Gasteiger partial charge in [0.2, 0.25) is 0 Å². The Kier molecular flexibility index (Phi) is 5.01. The van der Waals surface area contributed by atoms with E-state index in [0.29, 0.717) is 27.5 Å². The van der Waals surface area contributed by atoms with Crippen LogP contribution in [0.3, 0.4) is 0 Å². The standard InChI is InChI=1S/C17H16ClNO4/c1-9-10(2)19-15(11-6-5-7-12(18)8-11)14(17(21)23-4)13(9)16(20)22-3/h5-8H,1-4H3. The zero-order valence-electron chi connectivity index (χ0n) is 13.3. The number of halogens is 1. The van der Waals surface area contributed by atoms with Gasteiger partial charge in [0.25, 0.3) is 0 Å². The van der Waals surface area contributed by atoms with Crippen LogP contribution in [0.2, 0.25) is 5.02 Å². The van der Waals surface area contributed by atoms with Crippen molar-refractivity contribution in [2.75, 3.05) is 14.2 Å². The van der Waals surface area contributed by atoms with E-state index in [1.807, 2.05) is 0 Å². The number of pyridine rings is 1. The molecule has 0 aliphatic carbocycles. The highest BCUT2D eigenvalue weighted by molar-refractivity contribution is 6.30. The molecule has 0 bridgehead atoms. The Bertz CT molecular complexity index is 786. The maximum absolute atomic E-state index is 12.3. The monoisotopic (exact) mass is 333 g/mol. The molecule has 0 radical (unpaired) electrons. The molecule has 0 spiro atoms. The third-order valence-electron chi connectivity index (χ3n) is 3.56. The van der Waals surface area contributed by atoms with Gasteiger partial charge in [-0.1, -0.05) is 23.7 Å². The highest BCUT2D eigenvalue weighted by atomic mass is 35.5. The number of nitrogens with zero attached hydrogens (tertiary/aromatic N) is 1. The van der Waals surface area contributed by atoms with Crippen LogP contribution >= 0.6 is 11.6 Å². The van der Waals surface area contributed by atoms with E-state index in [9.17, 15) is 9.59 Å². The second-order valence-corrected chi connectivity index (χ2v) is 5.35. The summed E-state index contributed by atoms with van der Waals surface area (Å²) in [4.78, 5) is 29.0. The molecule has 0 N–H and O–H groups in total. The highest BCUT2D eigenvalue weighted by Gasteiger charge is 2.27. The summed E-state index contributed by atoms with van der Waals surface area (Å²) in [6.45, 7) is 3.47. The smallest absolute Gasteiger partial charge is 0.340 e. The van der Waals surface area contributed by atoms with Crippen molar-refractivity contribution in [2.24, 2.45) is 0 Å². The van der Waals surface area contributed by atoms with Crippen LogP contribution in [0.5, 0.6) is 0 Å². The van der Waals surface area contributed by atoms with Crippen molar-refractivity contribution in [1.82, 2.24) is 4.98 Å². The molecule has 0 saturated carbocycles. The van der Waals surface area contributed by atoms with Gasteiger partial charge in [-0.2, -0.15) is 0 Å². The van der Waals surface area contributed by atoms with Crippen molar-refractivity contribution in [3.63, 3.8) is 0 Å². The van der Waals surface area contributed by atoms with Crippen LogP contribution in [0.1, 0.15) is 32.0 Å². The van der Waals surface area contributed by atoms with Gasteiger partial charge >= 0.3 is 11.9 Å². The minimum atomic E-state index is -0.657. The molecule has 1 aromatic heterocycles. The van der Waals surface area contributed by atoms with Crippen LogP contribution in [0.15, 0.2) is 24.3 Å². The lowest BCUT2D eigenvalue weighted by molar-refractivity contribution is 0.0554. The molecule has 120 valence electrons. The predicted molar refractivity (Wildman–Crippen MR) is 86.8 cm³/mol. The number of carbonyl (C=O) groups excluding carboxylic acids is 2. The zero-order valence-corrected chi connectivity index (χ0v) is 14.0. The van der Waals surface area contributed by atoms with E-state index in [2.05, 4.69) is 4.98 Å². The minimum absolute atomic E-state index is 0.0738. The fourth-order valence-electron chi connectivity index (χ4n) is 2.30. The lowest BCUT2D eigenvalue weighted by Crippen LogP contribution is -2.17. The summed E-state index contributed by atoms with van der Waals surface area (Å²) in [5.41, 5.74) is 2.37. The molecule has 1 aromatic carbocycles. The van der Waals surface area contributed by atoms with Gasteiger partial charge in [0.05, 0.1) is 25.5 Å². The summed E-state index contributed by atoms with van der Waals surface area (Å²) in [5, 5.41) is 0.498. The van der Waals surface area contributed by atoms with E-state index >= 15 is 0 Å². The van der Waals surface area contributed by atoms with Gasteiger partial charge in [-0.15, -0.1) is 0 Å². The van der Waals surface area contributed by atoms with Gasteiger partial charge in [-0.3, -0.25) is 4.98 Å². The van der Waals surface area contributed by atoms with Crippen LogP contribution in [0.25, 0.3) is 11.3 Å². The van der Waals surface area contributed by atoms with E-state index in [1.165, 1.54) is 14.2 Å². The van der Waals surface area contributed by atoms with Crippen molar-refractivity contribution in [1.29, 1.82) is 0 Å². The van der Waals surface area contributed by atoms with Gasteiger partial charge < -0.3 is 9.47 Å². The summed E-state index contributed by atoms with van der Waals surface area (Å²) in [6, 6.07) is 6.89. The van der Waals surface area contributed by atoms with Crippen LogP contribution in [-0.4, -0.2) is 31.1 Å². The predicted octanol–water partition coefficient (Wildman–Crippen LogP) is 3.59. The summed E-state index contributed by atoms with van der Waals surface area (Å²) in [5.74, 6) is -1.27. The molecule has 0 saturated heterocycles. The second kappa shape index (κ2) is 6.79. The van der Waals surface area contributed by atoms with Crippen LogP contribution in [-0.2, 0) is 9.47 Å². The first-order valence-electron chi connectivity index (χ1n) is 6.84. The number of hydrogen-bond donors (Lipinski definition) is 0. The fourth-order valence-corrected chi connectivity index (χ4v) is 2.49. The van der Waals surface area contributed by atoms with Crippen molar-refractivity contribution in [2.45, 2.75) is 13.8 Å². The average Bonchev–Trinajstić information content (AvgIpc) is 2.55. The Balaban J connectivity index is 2.88. The SMILES string of the molecule is COC(=O)c1c(-c2cccc(Cl)c2)nc(C)c(C)c1C(=O)OC. The molecule has 0 amide bonds. The Labute approximate surface area is 139 Å². The van der Waals surface area contributed by atoms with Gasteiger partial charge in [-0.25, -0.2) is 9.59 Å². The minimum Gasteiger partial charge on any atom is -0.465 e. The maximum atomic E-state index is 12.3. The Hall–Kier alpha value is -2.40. The van der Waals surface area contributed by atoms with E-state index in [4.69, 9.17) is 21.1 Å². The molecule has 6 heteroatoms. The summed E-state index contributed by atoms with van der Waals surface area (Å²) in [6.07, 6.45) is 0. The molecular weight excluding hydrogens is 318 g/mol. The van der Waals surface area contributed by atoms with Crippen molar-refractivity contribution >= 4 is 23.5 Å². The molecule has 2 rings (SSSR count). The van der Waals surface area contributed by atoms with Crippen LogP contribution in [0, 0.1) is 13.8 Å². The Morgan fingerprint density at radius 2 is 1.65 bits per heavy atom. The number of methoxy groups -OCH3 is 2. The second-order valence-electron chi connectivity index (χ2n) is 4.91. The molecule has 2 aromatic rings. The average molecular weight is 334 g/mol. The van der Waals surface area contributed by atoms with Crippen molar-refractivity contribution < 1.29 is 19.1 Å². The van der Waals surface area contributed by atoms with Crippen LogP contribution < -0.4 is 0 Å². The maximum Gasteiger partial charge on any atom is 0.340 e. The fraction of sp³-hybridized carbons (Fsp3) is 0.235. The van der Waals surface area contributed by atoms with Crippen molar-refractivity contribution in [3.05, 3.63) is 51.7 Å². The van der Waals surface area contributed by atoms with Crippen molar-refractivity contribution in [3.8, 4) is 11.3 Å². The Morgan fingerprint density at radius 3 is 2.22 bits per heavy atom. The number of carbonyl (C=O) groups is 2. The highest BCUT2D eigenvalue weighted by Crippen LogP contribution is 2.30. The normalized spacial score (nSPS) is 10.3. The molecule has 1 heterocycles. The summed E-state index contributed by atoms with van der Waals surface area (Å²) >= 11 is 6.03. The number of aromatic nitrogens is 1. The molecule has 0 atom stereocenters. The molecule has 0 unspecified atom stereocenters. The molecular formula is C17H16ClNO4. The Morgan fingerprint density at radius 1 is 1.04 bits per heavy atom. The molecule has 0 aliphatic heterocycles. The lowest BCUT2D eigenvalue weighted by Gasteiger charge is -2.16. The number of esters is 2. The number of hydrogen-bond acceptors (Lipinski definition) is 5. The molecule has 0 fully saturated rings.